The van der Waals surface area contributed by atoms with Gasteiger partial charge in [-0.1, -0.05) is 24.8 Å². The number of benzene rings is 2. The smallest absolute Gasteiger partial charge is 0.243 e. The van der Waals surface area contributed by atoms with Gasteiger partial charge in [-0.2, -0.15) is 9.67 Å². The van der Waals surface area contributed by atoms with E-state index in [-0.39, 0.29) is 0 Å². The van der Waals surface area contributed by atoms with Gasteiger partial charge < -0.3 is 19.5 Å². The first kappa shape index (κ1) is 23.7. The number of hydrogen-bond donors (Lipinski definition) is 1. The molecule has 2 aromatic heterocycles. The molecule has 4 rings (SSSR count). The van der Waals surface area contributed by atoms with Crippen molar-refractivity contribution in [3.8, 4) is 23.1 Å². The van der Waals surface area contributed by atoms with Gasteiger partial charge >= 0.3 is 0 Å². The van der Waals surface area contributed by atoms with Crippen LogP contribution >= 0.6 is 0 Å². The lowest BCUT2D eigenvalue weighted by molar-refractivity contribution is 0.354. The molecule has 0 aliphatic heterocycles. The number of nitrogens with one attached hydrogen (secondary N) is 1. The summed E-state index contributed by atoms with van der Waals surface area (Å²) in [6, 6.07) is 15.5. The third-order valence-corrected chi connectivity index (χ3v) is 5.36. The second kappa shape index (κ2) is 10.7. The van der Waals surface area contributed by atoms with Crippen LogP contribution in [0, 0.1) is 6.92 Å². The molecule has 180 valence electrons. The fourth-order valence-electron chi connectivity index (χ4n) is 3.60. The molecule has 0 saturated heterocycles. The van der Waals surface area contributed by atoms with Crippen LogP contribution in [0.5, 0.6) is 17.2 Å². The van der Waals surface area contributed by atoms with E-state index in [9.17, 15) is 0 Å². The van der Waals surface area contributed by atoms with E-state index in [1.54, 1.807) is 32.1 Å². The van der Waals surface area contributed by atoms with Crippen LogP contribution in [-0.2, 0) is 13.0 Å². The highest BCUT2D eigenvalue weighted by Gasteiger charge is 2.16. The third-order valence-electron chi connectivity index (χ3n) is 5.36. The Kier molecular flexibility index (Phi) is 7.25. The molecule has 1 N–H and O–H groups in total. The Balaban J connectivity index is 1.67. The number of aromatic nitrogens is 5. The van der Waals surface area contributed by atoms with E-state index in [4.69, 9.17) is 24.3 Å². The molecular formula is C26H28N6O3. The van der Waals surface area contributed by atoms with Crippen molar-refractivity contribution < 1.29 is 14.2 Å². The SMILES string of the molecule is C=Cc1cc(-n2nc(NCc3ccc(OC)cc3)nc2Cc2ccc(OC)c(OC)c2)nc(C)n1. The van der Waals surface area contributed by atoms with Crippen molar-refractivity contribution in [2.45, 2.75) is 19.9 Å². The van der Waals surface area contributed by atoms with Crippen molar-refractivity contribution in [3.63, 3.8) is 0 Å². The van der Waals surface area contributed by atoms with Gasteiger partial charge in [-0.3, -0.25) is 0 Å². The number of aryl methyl sites for hydroxylation is 1. The largest absolute Gasteiger partial charge is 0.497 e. The van der Waals surface area contributed by atoms with Crippen molar-refractivity contribution in [2.24, 2.45) is 0 Å². The highest BCUT2D eigenvalue weighted by Crippen LogP contribution is 2.28. The average molecular weight is 473 g/mol. The Bertz CT molecular complexity index is 1320. The van der Waals surface area contributed by atoms with Crippen molar-refractivity contribution in [3.05, 3.63) is 83.6 Å². The van der Waals surface area contributed by atoms with Gasteiger partial charge in [0.2, 0.25) is 5.95 Å². The molecule has 0 unspecified atom stereocenters. The molecule has 9 nitrogen and oxygen atoms in total. The zero-order valence-electron chi connectivity index (χ0n) is 20.3. The summed E-state index contributed by atoms with van der Waals surface area (Å²) in [6.07, 6.45) is 2.19. The summed E-state index contributed by atoms with van der Waals surface area (Å²) in [5, 5.41) is 8.01. The number of hydrogen-bond acceptors (Lipinski definition) is 8. The lowest BCUT2D eigenvalue weighted by atomic mass is 10.1. The molecular weight excluding hydrogens is 444 g/mol. The number of rotatable bonds is 10. The highest BCUT2D eigenvalue weighted by molar-refractivity contribution is 5.46. The first-order chi connectivity index (χ1) is 17.0. The summed E-state index contributed by atoms with van der Waals surface area (Å²) >= 11 is 0. The Labute approximate surface area is 204 Å². The maximum Gasteiger partial charge on any atom is 0.243 e. The van der Waals surface area contributed by atoms with E-state index < -0.39 is 0 Å². The Morgan fingerprint density at radius 2 is 1.63 bits per heavy atom. The van der Waals surface area contributed by atoms with Crippen LogP contribution in [0.3, 0.4) is 0 Å². The number of ether oxygens (including phenoxy) is 3. The molecule has 2 heterocycles. The van der Waals surface area contributed by atoms with Crippen LogP contribution < -0.4 is 19.5 Å². The van der Waals surface area contributed by atoms with Crippen LogP contribution in [0.1, 0.15) is 28.5 Å². The average Bonchev–Trinajstić information content (AvgIpc) is 3.29. The maximum atomic E-state index is 5.46. The molecule has 4 aromatic rings. The number of anilines is 1. The van der Waals surface area contributed by atoms with E-state index in [0.29, 0.717) is 53.6 Å². The molecule has 9 heteroatoms. The molecule has 0 aliphatic carbocycles. The highest BCUT2D eigenvalue weighted by atomic mass is 16.5. The minimum absolute atomic E-state index is 0.493. The van der Waals surface area contributed by atoms with E-state index in [1.807, 2.05) is 55.5 Å². The first-order valence-electron chi connectivity index (χ1n) is 11.0. The second-order valence-electron chi connectivity index (χ2n) is 7.73. The van der Waals surface area contributed by atoms with E-state index in [2.05, 4.69) is 21.9 Å². The fourth-order valence-corrected chi connectivity index (χ4v) is 3.60. The Morgan fingerprint density at radius 3 is 2.31 bits per heavy atom. The summed E-state index contributed by atoms with van der Waals surface area (Å²) in [7, 11) is 4.88. The molecule has 0 amide bonds. The van der Waals surface area contributed by atoms with Crippen LogP contribution in [-0.4, -0.2) is 46.1 Å². The monoisotopic (exact) mass is 472 g/mol. The second-order valence-corrected chi connectivity index (χ2v) is 7.73. The predicted octanol–water partition coefficient (Wildman–Crippen LogP) is 4.24. The fraction of sp³-hybridized carbons (Fsp3) is 0.231. The van der Waals surface area contributed by atoms with E-state index >= 15 is 0 Å². The van der Waals surface area contributed by atoms with Gasteiger partial charge in [-0.25, -0.2) is 9.97 Å². The summed E-state index contributed by atoms with van der Waals surface area (Å²) in [6.45, 7) is 6.23. The molecule has 0 aliphatic rings. The van der Waals surface area contributed by atoms with Gasteiger partial charge in [0.05, 0.1) is 27.0 Å². The normalized spacial score (nSPS) is 10.6. The molecule has 0 bridgehead atoms. The summed E-state index contributed by atoms with van der Waals surface area (Å²) in [5.74, 6) is 4.58. The zero-order chi connectivity index (χ0) is 24.8. The topological polar surface area (TPSA) is 96.2 Å². The van der Waals surface area contributed by atoms with Gasteiger partial charge in [0.25, 0.3) is 0 Å². The molecule has 0 radical (unpaired) electrons. The zero-order valence-corrected chi connectivity index (χ0v) is 20.3. The Morgan fingerprint density at radius 1 is 0.886 bits per heavy atom. The van der Waals surface area contributed by atoms with Crippen molar-refractivity contribution >= 4 is 12.0 Å². The van der Waals surface area contributed by atoms with Crippen LogP contribution in [0.25, 0.3) is 11.9 Å². The quantitative estimate of drug-likeness (QED) is 0.366. The van der Waals surface area contributed by atoms with E-state index in [0.717, 1.165) is 16.9 Å². The summed E-state index contributed by atoms with van der Waals surface area (Å²) in [4.78, 5) is 13.7. The van der Waals surface area contributed by atoms with Gasteiger partial charge in [0, 0.05) is 19.0 Å². The lowest BCUT2D eigenvalue weighted by Crippen LogP contribution is -2.08. The number of nitrogens with zero attached hydrogens (tertiary/aromatic N) is 5. The van der Waals surface area contributed by atoms with Crippen molar-refractivity contribution in [2.75, 3.05) is 26.6 Å². The summed E-state index contributed by atoms with van der Waals surface area (Å²) in [5.41, 5.74) is 2.79. The maximum absolute atomic E-state index is 5.46. The van der Waals surface area contributed by atoms with Crippen molar-refractivity contribution in [1.82, 2.24) is 24.7 Å². The van der Waals surface area contributed by atoms with Gasteiger partial charge in [0.15, 0.2) is 17.3 Å². The van der Waals surface area contributed by atoms with Crippen LogP contribution in [0.4, 0.5) is 5.95 Å². The molecule has 2 aromatic carbocycles. The molecule has 0 spiro atoms. The molecule has 0 saturated carbocycles. The third kappa shape index (κ3) is 5.57. The van der Waals surface area contributed by atoms with Gasteiger partial charge in [-0.15, -0.1) is 5.10 Å². The molecule has 35 heavy (non-hydrogen) atoms. The Hall–Kier alpha value is -4.40. The van der Waals surface area contributed by atoms with Crippen molar-refractivity contribution in [1.29, 1.82) is 0 Å². The predicted molar refractivity (Wildman–Crippen MR) is 134 cm³/mol. The standard InChI is InChI=1S/C26H28N6O3/c1-6-20-15-25(29-17(2)28-20)32-24(14-19-9-12-22(34-4)23(13-19)35-5)30-26(31-32)27-16-18-7-10-21(33-3)11-8-18/h6-13,15H,1,14,16H2,2-5H3,(H,27,31). The molecule has 0 atom stereocenters. The van der Waals surface area contributed by atoms with E-state index in [1.165, 1.54) is 0 Å². The number of methoxy groups -OCH3 is 3. The minimum Gasteiger partial charge on any atom is -0.497 e. The van der Waals surface area contributed by atoms with Gasteiger partial charge in [0.1, 0.15) is 17.4 Å². The van der Waals surface area contributed by atoms with Crippen LogP contribution in [0.2, 0.25) is 0 Å². The van der Waals surface area contributed by atoms with Gasteiger partial charge in [-0.05, 0) is 48.4 Å². The first-order valence-corrected chi connectivity index (χ1v) is 11.0. The molecule has 0 fully saturated rings. The lowest BCUT2D eigenvalue weighted by Gasteiger charge is -2.10. The minimum atomic E-state index is 0.493. The van der Waals surface area contributed by atoms with Crippen LogP contribution in [0.15, 0.2) is 55.1 Å². The summed E-state index contributed by atoms with van der Waals surface area (Å²) < 4.78 is 17.8.